The Morgan fingerprint density at radius 1 is 1.00 bits per heavy atom. The molecule has 0 saturated carbocycles. The number of halogens is 2. The summed E-state index contributed by atoms with van der Waals surface area (Å²) in [6.07, 6.45) is 1.26. The van der Waals surface area contributed by atoms with Crippen molar-refractivity contribution in [3.63, 3.8) is 0 Å². The van der Waals surface area contributed by atoms with Crippen LogP contribution >= 0.6 is 22.9 Å². The van der Waals surface area contributed by atoms with Gasteiger partial charge in [0.1, 0.15) is 10.8 Å². The van der Waals surface area contributed by atoms with Gasteiger partial charge in [-0.15, -0.1) is 10.2 Å². The van der Waals surface area contributed by atoms with Crippen molar-refractivity contribution in [3.8, 4) is 0 Å². The Hall–Kier alpha value is -2.31. The summed E-state index contributed by atoms with van der Waals surface area (Å²) in [6, 6.07) is 14.1. The van der Waals surface area contributed by atoms with Crippen LogP contribution in [0.25, 0.3) is 4.96 Å². The number of benzene rings is 2. The summed E-state index contributed by atoms with van der Waals surface area (Å²) in [6.45, 7) is 0. The summed E-state index contributed by atoms with van der Waals surface area (Å²) in [5.41, 5.74) is 2.07. The summed E-state index contributed by atoms with van der Waals surface area (Å²) in [4.78, 5) is 0.754. The summed E-state index contributed by atoms with van der Waals surface area (Å²) in [5, 5.41) is 14.6. The van der Waals surface area contributed by atoms with E-state index < -0.39 is 0 Å². The van der Waals surface area contributed by atoms with Gasteiger partial charge in [0.2, 0.25) is 4.96 Å². The fourth-order valence-corrected chi connectivity index (χ4v) is 3.58. The first kappa shape index (κ1) is 15.2. The number of fused-ring (bicyclic) bond motifs is 1. The van der Waals surface area contributed by atoms with E-state index in [0.29, 0.717) is 17.9 Å². The molecule has 120 valence electrons. The minimum Gasteiger partial charge on any atom is -0.207 e. The van der Waals surface area contributed by atoms with Gasteiger partial charge in [0.15, 0.2) is 5.82 Å². The molecule has 0 N–H and O–H groups in total. The van der Waals surface area contributed by atoms with E-state index in [-0.39, 0.29) is 5.82 Å². The third-order valence-corrected chi connectivity index (χ3v) is 4.75. The van der Waals surface area contributed by atoms with E-state index in [1.165, 1.54) is 23.5 Å². The van der Waals surface area contributed by atoms with E-state index in [2.05, 4.69) is 15.3 Å². The van der Waals surface area contributed by atoms with Crippen LogP contribution in [0.1, 0.15) is 22.0 Å². The highest BCUT2D eigenvalue weighted by atomic mass is 35.5. The van der Waals surface area contributed by atoms with Crippen LogP contribution in [0.15, 0.2) is 48.5 Å². The zero-order valence-corrected chi connectivity index (χ0v) is 14.1. The molecule has 0 spiro atoms. The molecule has 0 aliphatic carbocycles. The minimum atomic E-state index is -0.248. The van der Waals surface area contributed by atoms with E-state index in [1.807, 2.05) is 24.3 Å². The molecule has 0 aliphatic rings. The fraction of sp³-hybridized carbons (Fsp3) is 0.118. The first-order valence-electron chi connectivity index (χ1n) is 7.36. The molecule has 0 aliphatic heterocycles. The second kappa shape index (κ2) is 6.30. The maximum absolute atomic E-state index is 13.0. The van der Waals surface area contributed by atoms with E-state index in [1.54, 1.807) is 16.6 Å². The van der Waals surface area contributed by atoms with Gasteiger partial charge in [-0.25, -0.2) is 4.39 Å². The number of rotatable bonds is 4. The predicted molar refractivity (Wildman–Crippen MR) is 92.1 cm³/mol. The Labute approximate surface area is 146 Å². The first-order chi connectivity index (χ1) is 11.7. The molecule has 2 aromatic carbocycles. The fourth-order valence-electron chi connectivity index (χ4n) is 2.49. The van der Waals surface area contributed by atoms with Gasteiger partial charge in [0, 0.05) is 17.9 Å². The molecular weight excluding hydrogens is 347 g/mol. The van der Waals surface area contributed by atoms with Crippen LogP contribution in [0.3, 0.4) is 0 Å². The van der Waals surface area contributed by atoms with Crippen molar-refractivity contribution < 1.29 is 4.39 Å². The zero-order valence-electron chi connectivity index (χ0n) is 12.5. The molecule has 0 bridgehead atoms. The maximum Gasteiger partial charge on any atom is 0.234 e. The Kier molecular flexibility index (Phi) is 4.00. The third-order valence-electron chi connectivity index (χ3n) is 3.62. The zero-order chi connectivity index (χ0) is 16.5. The molecule has 24 heavy (non-hydrogen) atoms. The van der Waals surface area contributed by atoms with Crippen molar-refractivity contribution in [2.45, 2.75) is 12.8 Å². The van der Waals surface area contributed by atoms with Crippen molar-refractivity contribution in [1.82, 2.24) is 19.8 Å². The number of hydrogen-bond acceptors (Lipinski definition) is 4. The predicted octanol–water partition coefficient (Wildman–Crippen LogP) is 4.16. The molecule has 4 aromatic rings. The molecule has 0 saturated heterocycles. The molecule has 0 atom stereocenters. The van der Waals surface area contributed by atoms with Crippen molar-refractivity contribution in [3.05, 3.63) is 81.3 Å². The lowest BCUT2D eigenvalue weighted by Gasteiger charge is -1.99. The highest BCUT2D eigenvalue weighted by Crippen LogP contribution is 2.20. The summed E-state index contributed by atoms with van der Waals surface area (Å²) >= 11 is 7.53. The quantitative estimate of drug-likeness (QED) is 0.550. The Morgan fingerprint density at radius 3 is 2.62 bits per heavy atom. The molecule has 0 unspecified atom stereocenters. The molecular formula is C17H12ClFN4S. The van der Waals surface area contributed by atoms with Crippen LogP contribution < -0.4 is 0 Å². The molecule has 0 radical (unpaired) electrons. The lowest BCUT2D eigenvalue weighted by Crippen LogP contribution is -1.99. The lowest BCUT2D eigenvalue weighted by atomic mass is 10.1. The Balaban J connectivity index is 1.60. The molecule has 2 aromatic heterocycles. The maximum atomic E-state index is 13.0. The van der Waals surface area contributed by atoms with Crippen LogP contribution in [-0.2, 0) is 12.8 Å². The topological polar surface area (TPSA) is 43.1 Å². The molecule has 0 fully saturated rings. The third kappa shape index (κ3) is 3.16. The largest absolute Gasteiger partial charge is 0.234 e. The van der Waals surface area contributed by atoms with Gasteiger partial charge in [0.05, 0.1) is 0 Å². The van der Waals surface area contributed by atoms with Gasteiger partial charge in [-0.05, 0) is 35.4 Å². The van der Waals surface area contributed by atoms with Crippen molar-refractivity contribution in [2.24, 2.45) is 0 Å². The molecule has 2 heterocycles. The van der Waals surface area contributed by atoms with Gasteiger partial charge < -0.3 is 0 Å². The van der Waals surface area contributed by atoms with Crippen LogP contribution in [0.5, 0.6) is 0 Å². The van der Waals surface area contributed by atoms with Crippen molar-refractivity contribution >= 4 is 27.9 Å². The standard InChI is InChI=1S/C17H12ClFN4S/c18-13-3-1-2-12(8-13)10-16-22-23-15(20-21-17(23)24-16)9-11-4-6-14(19)7-5-11/h1-8H,9-10H2. The van der Waals surface area contributed by atoms with Gasteiger partial charge in [0.25, 0.3) is 0 Å². The van der Waals surface area contributed by atoms with Crippen molar-refractivity contribution in [2.75, 3.05) is 0 Å². The van der Waals surface area contributed by atoms with Crippen LogP contribution in [0.2, 0.25) is 5.02 Å². The lowest BCUT2D eigenvalue weighted by molar-refractivity contribution is 0.627. The smallest absolute Gasteiger partial charge is 0.207 e. The van der Waals surface area contributed by atoms with Crippen molar-refractivity contribution in [1.29, 1.82) is 0 Å². The van der Waals surface area contributed by atoms with Gasteiger partial charge >= 0.3 is 0 Å². The molecule has 4 rings (SSSR count). The van der Waals surface area contributed by atoms with Crippen LogP contribution in [-0.4, -0.2) is 19.8 Å². The van der Waals surface area contributed by atoms with Gasteiger partial charge in [-0.2, -0.15) is 9.61 Å². The average molecular weight is 359 g/mol. The summed E-state index contributed by atoms with van der Waals surface area (Å²) in [7, 11) is 0. The molecule has 0 amide bonds. The van der Waals surface area contributed by atoms with Crippen LogP contribution in [0, 0.1) is 5.82 Å². The van der Waals surface area contributed by atoms with E-state index in [4.69, 9.17) is 11.6 Å². The van der Waals surface area contributed by atoms with E-state index >= 15 is 0 Å². The van der Waals surface area contributed by atoms with Gasteiger partial charge in [-0.3, -0.25) is 0 Å². The van der Waals surface area contributed by atoms with E-state index in [9.17, 15) is 4.39 Å². The van der Waals surface area contributed by atoms with Crippen LogP contribution in [0.4, 0.5) is 4.39 Å². The highest BCUT2D eigenvalue weighted by Gasteiger charge is 2.12. The first-order valence-corrected chi connectivity index (χ1v) is 8.56. The summed E-state index contributed by atoms with van der Waals surface area (Å²) < 4.78 is 14.8. The molecule has 7 heteroatoms. The van der Waals surface area contributed by atoms with E-state index in [0.717, 1.165) is 26.9 Å². The number of nitrogens with zero attached hydrogens (tertiary/aromatic N) is 4. The highest BCUT2D eigenvalue weighted by molar-refractivity contribution is 7.16. The Bertz CT molecular complexity index is 993. The normalized spacial score (nSPS) is 11.2. The SMILES string of the molecule is Fc1ccc(Cc2nnc3sc(Cc4cccc(Cl)c4)nn23)cc1. The second-order valence-corrected chi connectivity index (χ2v) is 6.89. The van der Waals surface area contributed by atoms with Gasteiger partial charge in [-0.1, -0.05) is 47.2 Å². The summed E-state index contributed by atoms with van der Waals surface area (Å²) in [5.74, 6) is 0.493. The number of hydrogen-bond donors (Lipinski definition) is 0. The molecule has 4 nitrogen and oxygen atoms in total. The average Bonchev–Trinajstić information content (AvgIpc) is 3.11. The monoisotopic (exact) mass is 358 g/mol. The minimum absolute atomic E-state index is 0.248. The Morgan fingerprint density at radius 2 is 1.83 bits per heavy atom. The number of aromatic nitrogens is 4. The second-order valence-electron chi connectivity index (χ2n) is 5.42.